The molecular formula is C26H31N7O3S. The molecule has 5 rings (SSSR count). The third-order valence-corrected chi connectivity index (χ3v) is 8.23. The van der Waals surface area contributed by atoms with Gasteiger partial charge in [-0.05, 0) is 82.5 Å². The van der Waals surface area contributed by atoms with Crippen molar-refractivity contribution in [3.63, 3.8) is 0 Å². The molecule has 3 N–H and O–H groups in total. The van der Waals surface area contributed by atoms with Crippen molar-refractivity contribution in [1.29, 1.82) is 0 Å². The molecule has 2 saturated heterocycles. The number of fused-ring (bicyclic) bond motifs is 1. The summed E-state index contributed by atoms with van der Waals surface area (Å²) in [5, 5.41) is 9.63. The summed E-state index contributed by atoms with van der Waals surface area (Å²) >= 11 is 1.62. The second kappa shape index (κ2) is 10.1. The zero-order valence-corrected chi connectivity index (χ0v) is 22.0. The van der Waals surface area contributed by atoms with Gasteiger partial charge in [0.1, 0.15) is 5.54 Å². The largest absolute Gasteiger partial charge is 0.352 e. The maximum atomic E-state index is 12.7. The van der Waals surface area contributed by atoms with Gasteiger partial charge in [-0.15, -0.1) is 11.3 Å². The summed E-state index contributed by atoms with van der Waals surface area (Å²) in [6.45, 7) is 6.08. The number of amides is 4. The van der Waals surface area contributed by atoms with Gasteiger partial charge in [0, 0.05) is 35.6 Å². The first-order valence-electron chi connectivity index (χ1n) is 12.4. The predicted molar refractivity (Wildman–Crippen MR) is 145 cm³/mol. The lowest BCUT2D eigenvalue weighted by molar-refractivity contribution is -0.125. The van der Waals surface area contributed by atoms with Crippen LogP contribution in [-0.4, -0.2) is 76.4 Å². The van der Waals surface area contributed by atoms with Crippen LogP contribution in [0.5, 0.6) is 0 Å². The van der Waals surface area contributed by atoms with Crippen LogP contribution in [0.3, 0.4) is 0 Å². The number of rotatable bonds is 7. The van der Waals surface area contributed by atoms with E-state index < -0.39 is 11.6 Å². The molecule has 11 heteroatoms. The summed E-state index contributed by atoms with van der Waals surface area (Å²) < 4.78 is 1.10. The van der Waals surface area contributed by atoms with Crippen LogP contribution in [-0.2, 0) is 9.59 Å². The van der Waals surface area contributed by atoms with Gasteiger partial charge in [-0.1, -0.05) is 0 Å². The number of piperidine rings is 1. The number of nitrogens with zero attached hydrogens (tertiary/aromatic N) is 4. The Morgan fingerprint density at radius 1 is 1.19 bits per heavy atom. The number of urea groups is 1. The van der Waals surface area contributed by atoms with Crippen LogP contribution in [0.2, 0.25) is 0 Å². The van der Waals surface area contributed by atoms with Crippen LogP contribution in [0.15, 0.2) is 36.5 Å². The summed E-state index contributed by atoms with van der Waals surface area (Å²) in [4.78, 5) is 50.4. The second-order valence-electron chi connectivity index (χ2n) is 10.1. The summed E-state index contributed by atoms with van der Waals surface area (Å²) in [6, 6.07) is 9.52. The SMILES string of the molecule is CN1CCC(C(=O)Nc2ccc3sc(-c4ccnc(NCCN5C(=O)NC(=O)C5(C)C)n4)cc3c2)CC1. The molecule has 0 unspecified atom stereocenters. The van der Waals surface area contributed by atoms with Crippen molar-refractivity contribution in [2.75, 3.05) is 43.9 Å². The molecular weight excluding hydrogens is 490 g/mol. The highest BCUT2D eigenvalue weighted by Gasteiger charge is 2.45. The number of imide groups is 1. The van der Waals surface area contributed by atoms with Crippen molar-refractivity contribution in [2.24, 2.45) is 5.92 Å². The first kappa shape index (κ1) is 25.1. The van der Waals surface area contributed by atoms with Crippen LogP contribution in [0.1, 0.15) is 26.7 Å². The molecule has 0 aliphatic carbocycles. The molecule has 2 aliphatic heterocycles. The van der Waals surface area contributed by atoms with Gasteiger partial charge in [-0.3, -0.25) is 14.9 Å². The van der Waals surface area contributed by atoms with Crippen LogP contribution >= 0.6 is 11.3 Å². The molecule has 37 heavy (non-hydrogen) atoms. The zero-order chi connectivity index (χ0) is 26.2. The third-order valence-electron chi connectivity index (χ3n) is 7.10. The van der Waals surface area contributed by atoms with E-state index in [1.54, 1.807) is 31.4 Å². The van der Waals surface area contributed by atoms with Gasteiger partial charge >= 0.3 is 6.03 Å². The molecule has 194 valence electrons. The summed E-state index contributed by atoms with van der Waals surface area (Å²) in [7, 11) is 2.09. The van der Waals surface area contributed by atoms with Crippen molar-refractivity contribution >= 4 is 50.9 Å². The average molecular weight is 522 g/mol. The Morgan fingerprint density at radius 2 is 1.97 bits per heavy atom. The smallest absolute Gasteiger partial charge is 0.325 e. The predicted octanol–water partition coefficient (Wildman–Crippen LogP) is 3.38. The normalized spacial score (nSPS) is 18.3. The maximum Gasteiger partial charge on any atom is 0.325 e. The number of nitrogens with one attached hydrogen (secondary N) is 3. The summed E-state index contributed by atoms with van der Waals surface area (Å²) in [5.74, 6) is 0.298. The van der Waals surface area contributed by atoms with E-state index in [0.717, 1.165) is 52.3 Å². The number of thiophene rings is 1. The molecule has 0 spiro atoms. The topological polar surface area (TPSA) is 120 Å². The van der Waals surface area contributed by atoms with E-state index in [1.807, 2.05) is 24.3 Å². The lowest BCUT2D eigenvalue weighted by Crippen LogP contribution is -2.46. The molecule has 0 atom stereocenters. The Balaban J connectivity index is 1.24. The van der Waals surface area contributed by atoms with Gasteiger partial charge in [-0.25, -0.2) is 14.8 Å². The minimum atomic E-state index is -0.885. The molecule has 2 aromatic heterocycles. The molecule has 0 bridgehead atoms. The number of aromatic nitrogens is 2. The van der Waals surface area contributed by atoms with E-state index >= 15 is 0 Å². The number of likely N-dealkylation sites (tertiary alicyclic amines) is 1. The first-order valence-corrected chi connectivity index (χ1v) is 13.3. The van der Waals surface area contributed by atoms with E-state index in [0.29, 0.717) is 19.0 Å². The van der Waals surface area contributed by atoms with Crippen molar-refractivity contribution in [3.05, 3.63) is 36.5 Å². The minimum Gasteiger partial charge on any atom is -0.352 e. The van der Waals surface area contributed by atoms with E-state index in [2.05, 4.69) is 43.9 Å². The highest BCUT2D eigenvalue weighted by Crippen LogP contribution is 2.34. The number of carbonyl (C=O) groups is 3. The van der Waals surface area contributed by atoms with Gasteiger partial charge in [0.2, 0.25) is 11.9 Å². The number of anilines is 2. The van der Waals surface area contributed by atoms with E-state index in [9.17, 15) is 14.4 Å². The van der Waals surface area contributed by atoms with Gasteiger partial charge in [-0.2, -0.15) is 0 Å². The average Bonchev–Trinajstić information content (AvgIpc) is 3.38. The lowest BCUT2D eigenvalue weighted by atomic mass is 9.96. The Hall–Kier alpha value is -3.57. The van der Waals surface area contributed by atoms with Crippen LogP contribution in [0.25, 0.3) is 20.7 Å². The van der Waals surface area contributed by atoms with Gasteiger partial charge < -0.3 is 20.4 Å². The number of hydrogen-bond acceptors (Lipinski definition) is 8. The van der Waals surface area contributed by atoms with Crippen LogP contribution < -0.4 is 16.0 Å². The Morgan fingerprint density at radius 3 is 2.70 bits per heavy atom. The van der Waals surface area contributed by atoms with E-state index in [1.165, 1.54) is 4.90 Å². The van der Waals surface area contributed by atoms with Gasteiger partial charge in [0.05, 0.1) is 10.6 Å². The van der Waals surface area contributed by atoms with Gasteiger partial charge in [0.15, 0.2) is 0 Å². The fraction of sp³-hybridized carbons (Fsp3) is 0.423. The van der Waals surface area contributed by atoms with Gasteiger partial charge in [0.25, 0.3) is 5.91 Å². The quantitative estimate of drug-likeness (QED) is 0.408. The minimum absolute atomic E-state index is 0.0586. The Kier molecular flexibility index (Phi) is 6.82. The fourth-order valence-corrected chi connectivity index (χ4v) is 5.71. The lowest BCUT2D eigenvalue weighted by Gasteiger charge is -2.28. The highest BCUT2D eigenvalue weighted by atomic mass is 32.1. The van der Waals surface area contributed by atoms with Crippen LogP contribution in [0, 0.1) is 5.92 Å². The molecule has 0 radical (unpaired) electrons. The Labute approximate surface area is 219 Å². The Bertz CT molecular complexity index is 1350. The third kappa shape index (κ3) is 5.28. The summed E-state index contributed by atoms with van der Waals surface area (Å²) in [5.41, 5.74) is 0.701. The first-order chi connectivity index (χ1) is 17.7. The molecule has 2 aliphatic rings. The zero-order valence-electron chi connectivity index (χ0n) is 21.2. The molecule has 3 aromatic rings. The number of hydrogen-bond donors (Lipinski definition) is 3. The fourth-order valence-electron chi connectivity index (χ4n) is 4.70. The summed E-state index contributed by atoms with van der Waals surface area (Å²) in [6.07, 6.45) is 3.47. The molecule has 2 fully saturated rings. The molecule has 0 saturated carbocycles. The van der Waals surface area contributed by atoms with Crippen molar-refractivity contribution in [2.45, 2.75) is 32.2 Å². The van der Waals surface area contributed by atoms with E-state index in [4.69, 9.17) is 0 Å². The second-order valence-corrected chi connectivity index (χ2v) is 11.2. The van der Waals surface area contributed by atoms with Crippen molar-refractivity contribution in [3.8, 4) is 10.6 Å². The molecule has 10 nitrogen and oxygen atoms in total. The standard InChI is InChI=1S/C26H31N7O3S/c1-26(2)23(35)31-25(36)33(26)13-10-28-24-27-9-6-19(30-24)21-15-17-14-18(4-5-20(17)37-21)29-22(34)16-7-11-32(3)12-8-16/h4-6,9,14-16H,7-8,10-13H2,1-3H3,(H,29,34)(H,27,28,30)(H,31,35,36). The molecule has 4 heterocycles. The molecule has 4 amide bonds. The molecule has 1 aromatic carbocycles. The highest BCUT2D eigenvalue weighted by molar-refractivity contribution is 7.22. The monoisotopic (exact) mass is 521 g/mol. The van der Waals surface area contributed by atoms with E-state index in [-0.39, 0.29) is 17.7 Å². The number of benzene rings is 1. The maximum absolute atomic E-state index is 12.7. The van der Waals surface area contributed by atoms with Crippen molar-refractivity contribution < 1.29 is 14.4 Å². The number of carbonyl (C=O) groups excluding carboxylic acids is 3. The van der Waals surface area contributed by atoms with Crippen LogP contribution in [0.4, 0.5) is 16.4 Å². The van der Waals surface area contributed by atoms with Crippen molar-refractivity contribution in [1.82, 2.24) is 25.1 Å².